The molecule has 1 aliphatic heterocycles. The van der Waals surface area contributed by atoms with Crippen LogP contribution in [0.2, 0.25) is 10.0 Å². The van der Waals surface area contributed by atoms with E-state index in [4.69, 9.17) is 23.2 Å². The van der Waals surface area contributed by atoms with Crippen molar-refractivity contribution < 1.29 is 4.79 Å². The fourth-order valence-electron chi connectivity index (χ4n) is 3.21. The third kappa shape index (κ3) is 3.68. The fourth-order valence-corrected chi connectivity index (χ4v) is 3.70. The van der Waals surface area contributed by atoms with E-state index in [0.717, 1.165) is 17.5 Å². The minimum atomic E-state index is -0.0849. The van der Waals surface area contributed by atoms with Crippen molar-refractivity contribution >= 4 is 34.9 Å². The molecule has 0 bridgehead atoms. The Hall–Kier alpha value is -2.64. The maximum absolute atomic E-state index is 12.7. The SMILES string of the molecule is Cc1nccn1-c1ccc(N2CCN(C(=O)c3ccc(Cl)cc3Cl)CC2)nn1. The molecule has 1 saturated heterocycles. The van der Waals surface area contributed by atoms with E-state index in [1.54, 1.807) is 29.3 Å². The summed E-state index contributed by atoms with van der Waals surface area (Å²) in [6.07, 6.45) is 3.58. The van der Waals surface area contributed by atoms with Gasteiger partial charge in [0.05, 0.1) is 10.6 Å². The first-order chi connectivity index (χ1) is 13.5. The van der Waals surface area contributed by atoms with Gasteiger partial charge in [-0.05, 0) is 37.3 Å². The zero-order valence-corrected chi connectivity index (χ0v) is 16.7. The fraction of sp³-hybridized carbons (Fsp3) is 0.263. The van der Waals surface area contributed by atoms with Gasteiger partial charge in [-0.25, -0.2) is 4.98 Å². The maximum atomic E-state index is 12.7. The van der Waals surface area contributed by atoms with Gasteiger partial charge in [0.15, 0.2) is 11.6 Å². The van der Waals surface area contributed by atoms with Gasteiger partial charge >= 0.3 is 0 Å². The van der Waals surface area contributed by atoms with Crippen LogP contribution in [-0.2, 0) is 0 Å². The molecule has 144 valence electrons. The van der Waals surface area contributed by atoms with Crippen LogP contribution in [0.5, 0.6) is 0 Å². The lowest BCUT2D eigenvalue weighted by molar-refractivity contribution is 0.0746. The molecule has 9 heteroatoms. The zero-order chi connectivity index (χ0) is 19.7. The lowest BCUT2D eigenvalue weighted by atomic mass is 10.2. The predicted octanol–water partition coefficient (Wildman–Crippen LogP) is 3.24. The van der Waals surface area contributed by atoms with Crippen LogP contribution in [0.3, 0.4) is 0 Å². The predicted molar refractivity (Wildman–Crippen MR) is 108 cm³/mol. The van der Waals surface area contributed by atoms with Gasteiger partial charge in [-0.2, -0.15) is 0 Å². The minimum absolute atomic E-state index is 0.0849. The standard InChI is InChI=1S/C19H18Cl2N6O/c1-13-22-6-7-27(13)18-5-4-17(23-24-18)25-8-10-26(11-9-25)19(28)15-3-2-14(20)12-16(15)21/h2-7,12H,8-11H2,1H3. The largest absolute Gasteiger partial charge is 0.352 e. The molecule has 0 saturated carbocycles. The van der Waals surface area contributed by atoms with E-state index in [1.807, 2.05) is 29.8 Å². The van der Waals surface area contributed by atoms with E-state index < -0.39 is 0 Å². The van der Waals surface area contributed by atoms with Gasteiger partial charge in [0, 0.05) is 43.6 Å². The summed E-state index contributed by atoms with van der Waals surface area (Å²) in [4.78, 5) is 20.8. The number of hydrogen-bond acceptors (Lipinski definition) is 5. The molecule has 0 spiro atoms. The molecule has 3 heterocycles. The summed E-state index contributed by atoms with van der Waals surface area (Å²) in [5.41, 5.74) is 0.472. The van der Waals surface area contributed by atoms with Gasteiger partial charge in [0.2, 0.25) is 0 Å². The van der Waals surface area contributed by atoms with Crippen LogP contribution >= 0.6 is 23.2 Å². The number of hydrogen-bond donors (Lipinski definition) is 0. The van der Waals surface area contributed by atoms with Crippen molar-refractivity contribution in [3.63, 3.8) is 0 Å². The number of carbonyl (C=O) groups excluding carboxylic acids is 1. The van der Waals surface area contributed by atoms with Crippen molar-refractivity contribution in [2.45, 2.75) is 6.92 Å². The number of piperazine rings is 1. The summed E-state index contributed by atoms with van der Waals surface area (Å²) in [6, 6.07) is 8.79. The lowest BCUT2D eigenvalue weighted by Crippen LogP contribution is -2.49. The van der Waals surface area contributed by atoms with Crippen molar-refractivity contribution in [2.75, 3.05) is 31.1 Å². The number of benzene rings is 1. The van der Waals surface area contributed by atoms with Gasteiger partial charge in [0.1, 0.15) is 5.82 Å². The lowest BCUT2D eigenvalue weighted by Gasteiger charge is -2.35. The van der Waals surface area contributed by atoms with Gasteiger partial charge in [-0.15, -0.1) is 10.2 Å². The Morgan fingerprint density at radius 3 is 2.32 bits per heavy atom. The summed E-state index contributed by atoms with van der Waals surface area (Å²) in [5, 5.41) is 9.52. The van der Waals surface area contributed by atoms with Crippen LogP contribution in [0.25, 0.3) is 5.82 Å². The average Bonchev–Trinajstić information content (AvgIpc) is 3.14. The maximum Gasteiger partial charge on any atom is 0.255 e. The molecule has 4 rings (SSSR count). The average molecular weight is 417 g/mol. The number of halogens is 2. The first-order valence-electron chi connectivity index (χ1n) is 8.86. The second-order valence-electron chi connectivity index (χ2n) is 6.50. The molecular formula is C19H18Cl2N6O. The second-order valence-corrected chi connectivity index (χ2v) is 7.34. The van der Waals surface area contributed by atoms with Crippen molar-refractivity contribution in [3.8, 4) is 5.82 Å². The Labute approximate surface area is 172 Å². The van der Waals surface area contributed by atoms with E-state index in [9.17, 15) is 4.79 Å². The highest BCUT2D eigenvalue weighted by atomic mass is 35.5. The monoisotopic (exact) mass is 416 g/mol. The number of carbonyl (C=O) groups is 1. The molecule has 1 aliphatic rings. The Bertz CT molecular complexity index is 996. The molecule has 0 aliphatic carbocycles. The van der Waals surface area contributed by atoms with Crippen LogP contribution in [0.15, 0.2) is 42.7 Å². The third-order valence-electron chi connectivity index (χ3n) is 4.76. The number of aromatic nitrogens is 4. The molecule has 0 unspecified atom stereocenters. The normalized spacial score (nSPS) is 14.4. The Kier molecular flexibility index (Phi) is 5.19. The summed E-state index contributed by atoms with van der Waals surface area (Å²) in [6.45, 7) is 4.44. The highest BCUT2D eigenvalue weighted by Gasteiger charge is 2.24. The Morgan fingerprint density at radius 2 is 1.71 bits per heavy atom. The zero-order valence-electron chi connectivity index (χ0n) is 15.2. The number of amides is 1. The Balaban J connectivity index is 1.41. The highest BCUT2D eigenvalue weighted by molar-refractivity contribution is 6.36. The summed E-state index contributed by atoms with van der Waals surface area (Å²) < 4.78 is 1.88. The van der Waals surface area contributed by atoms with Gasteiger partial charge in [-0.1, -0.05) is 23.2 Å². The van der Waals surface area contributed by atoms with Gasteiger partial charge in [0.25, 0.3) is 5.91 Å². The van der Waals surface area contributed by atoms with E-state index in [-0.39, 0.29) is 5.91 Å². The molecule has 2 aromatic heterocycles. The van der Waals surface area contributed by atoms with E-state index >= 15 is 0 Å². The first kappa shape index (κ1) is 18.7. The minimum Gasteiger partial charge on any atom is -0.352 e. The molecule has 0 N–H and O–H groups in total. The molecule has 3 aromatic rings. The Morgan fingerprint density at radius 1 is 1.00 bits per heavy atom. The molecule has 1 fully saturated rings. The van der Waals surface area contributed by atoms with E-state index in [2.05, 4.69) is 20.1 Å². The number of imidazole rings is 1. The van der Waals surface area contributed by atoms with Crippen LogP contribution in [-0.4, -0.2) is 56.7 Å². The second kappa shape index (κ2) is 7.77. The molecule has 0 atom stereocenters. The smallest absolute Gasteiger partial charge is 0.255 e. The van der Waals surface area contributed by atoms with Crippen molar-refractivity contribution in [1.82, 2.24) is 24.6 Å². The molecule has 1 aromatic carbocycles. The van der Waals surface area contributed by atoms with Crippen LogP contribution < -0.4 is 4.90 Å². The third-order valence-corrected chi connectivity index (χ3v) is 5.31. The van der Waals surface area contributed by atoms with E-state index in [1.165, 1.54) is 0 Å². The van der Waals surface area contributed by atoms with Gasteiger partial charge in [-0.3, -0.25) is 9.36 Å². The molecular weight excluding hydrogens is 399 g/mol. The summed E-state index contributed by atoms with van der Waals surface area (Å²) >= 11 is 12.1. The molecule has 7 nitrogen and oxygen atoms in total. The number of nitrogens with zero attached hydrogens (tertiary/aromatic N) is 6. The number of rotatable bonds is 3. The van der Waals surface area contributed by atoms with Crippen LogP contribution in [0, 0.1) is 6.92 Å². The summed E-state index contributed by atoms with van der Waals surface area (Å²) in [5.74, 6) is 2.29. The topological polar surface area (TPSA) is 67.2 Å². The van der Waals surface area contributed by atoms with Crippen LogP contribution in [0.1, 0.15) is 16.2 Å². The molecule has 0 radical (unpaired) electrons. The molecule has 1 amide bonds. The van der Waals surface area contributed by atoms with Crippen molar-refractivity contribution in [2.24, 2.45) is 0 Å². The number of aryl methyl sites for hydroxylation is 1. The highest BCUT2D eigenvalue weighted by Crippen LogP contribution is 2.23. The summed E-state index contributed by atoms with van der Waals surface area (Å²) in [7, 11) is 0. The van der Waals surface area contributed by atoms with E-state index in [0.29, 0.717) is 41.8 Å². The quantitative estimate of drug-likeness (QED) is 0.655. The molecule has 28 heavy (non-hydrogen) atoms. The van der Waals surface area contributed by atoms with Crippen molar-refractivity contribution in [1.29, 1.82) is 0 Å². The van der Waals surface area contributed by atoms with Gasteiger partial charge < -0.3 is 9.80 Å². The number of anilines is 1. The first-order valence-corrected chi connectivity index (χ1v) is 9.62. The van der Waals surface area contributed by atoms with Crippen LogP contribution in [0.4, 0.5) is 5.82 Å². The van der Waals surface area contributed by atoms with Crippen molar-refractivity contribution in [3.05, 3.63) is 64.2 Å².